The summed E-state index contributed by atoms with van der Waals surface area (Å²) in [5.41, 5.74) is 1.77. The van der Waals surface area contributed by atoms with E-state index < -0.39 is 60.7 Å². The Kier molecular flexibility index (Phi) is 11.3. The van der Waals surface area contributed by atoms with Crippen molar-refractivity contribution in [1.82, 2.24) is 0 Å². The number of rotatable bonds is 12. The molecule has 2 aliphatic heterocycles. The van der Waals surface area contributed by atoms with Crippen LogP contribution in [0.1, 0.15) is 56.4 Å². The molecule has 14 heteroatoms. The van der Waals surface area contributed by atoms with E-state index in [9.17, 15) is 24.0 Å². The quantitative estimate of drug-likeness (QED) is 0.0703. The van der Waals surface area contributed by atoms with Gasteiger partial charge in [-0.2, -0.15) is 0 Å². The third-order valence-corrected chi connectivity index (χ3v) is 7.48. The third-order valence-electron chi connectivity index (χ3n) is 7.48. The first-order chi connectivity index (χ1) is 23.6. The maximum absolute atomic E-state index is 12.9. The van der Waals surface area contributed by atoms with Gasteiger partial charge >= 0.3 is 30.0 Å². The number of nitrogens with one attached hydrogen (secondary N) is 1. The predicted molar refractivity (Wildman–Crippen MR) is 168 cm³/mol. The molecule has 2 saturated heterocycles. The van der Waals surface area contributed by atoms with Crippen LogP contribution < -0.4 is 9.47 Å². The Morgan fingerprint density at radius 3 is 1.67 bits per heavy atom. The molecule has 2 unspecified atom stereocenters. The second-order valence-corrected chi connectivity index (χ2v) is 11.1. The first-order valence-electron chi connectivity index (χ1n) is 15.4. The van der Waals surface area contributed by atoms with Crippen LogP contribution in [-0.4, -0.2) is 80.2 Å². The van der Waals surface area contributed by atoms with E-state index in [0.717, 1.165) is 5.56 Å². The van der Waals surface area contributed by atoms with Gasteiger partial charge in [-0.1, -0.05) is 24.6 Å². The lowest BCUT2D eigenvalue weighted by Crippen LogP contribution is -2.36. The number of benzene rings is 3. The average Bonchev–Trinajstić information content (AvgIpc) is 3.68. The molecule has 5 atom stereocenters. The van der Waals surface area contributed by atoms with Crippen LogP contribution >= 0.6 is 0 Å². The van der Waals surface area contributed by atoms with Gasteiger partial charge in [-0.25, -0.2) is 24.0 Å². The van der Waals surface area contributed by atoms with Crippen LogP contribution in [-0.2, 0) is 33.2 Å². The highest BCUT2D eigenvalue weighted by molar-refractivity contribution is 6.21. The van der Waals surface area contributed by atoms with Crippen molar-refractivity contribution in [2.24, 2.45) is 0 Å². The smallest absolute Gasteiger partial charge is 0.453 e. The summed E-state index contributed by atoms with van der Waals surface area (Å²) in [5, 5.41) is 6.90. The fourth-order valence-electron chi connectivity index (χ4n) is 4.98. The van der Waals surface area contributed by atoms with E-state index >= 15 is 0 Å². The predicted octanol–water partition coefficient (Wildman–Crippen LogP) is 4.60. The maximum Gasteiger partial charge on any atom is 0.516 e. The molecule has 3 aromatic rings. The molecular formula is C35H33NO13. The molecule has 3 aromatic carbocycles. The van der Waals surface area contributed by atoms with E-state index in [4.69, 9.17) is 43.3 Å². The Balaban J connectivity index is 1.08. The molecule has 0 aromatic heterocycles. The van der Waals surface area contributed by atoms with E-state index in [1.54, 1.807) is 19.1 Å². The molecule has 0 bridgehead atoms. The van der Waals surface area contributed by atoms with Crippen LogP contribution in [0.4, 0.5) is 4.79 Å². The number of fused-ring (bicyclic) bond motifs is 1. The van der Waals surface area contributed by atoms with Crippen LogP contribution in [0.15, 0.2) is 72.8 Å². The molecule has 1 N–H and O–H groups in total. The summed E-state index contributed by atoms with van der Waals surface area (Å²) >= 11 is 0. The summed E-state index contributed by atoms with van der Waals surface area (Å²) < 4.78 is 43.1. The van der Waals surface area contributed by atoms with Crippen LogP contribution in [0.2, 0.25) is 0 Å². The van der Waals surface area contributed by atoms with E-state index in [1.165, 1.54) is 48.5 Å². The minimum absolute atomic E-state index is 0.0545. The number of hydrogen-bond donors (Lipinski definition) is 1. The summed E-state index contributed by atoms with van der Waals surface area (Å²) in [5.74, 6) is -2.59. The highest BCUT2D eigenvalue weighted by Crippen LogP contribution is 2.32. The molecule has 0 saturated carbocycles. The molecule has 49 heavy (non-hydrogen) atoms. The first kappa shape index (κ1) is 34.7. The van der Waals surface area contributed by atoms with Crippen molar-refractivity contribution in [3.05, 3.63) is 95.1 Å². The van der Waals surface area contributed by atoms with Crippen molar-refractivity contribution >= 4 is 36.2 Å². The number of aryl methyl sites for hydroxylation is 1. The molecule has 14 nitrogen and oxygen atoms in total. The van der Waals surface area contributed by atoms with Crippen molar-refractivity contribution in [3.8, 4) is 11.5 Å². The molecule has 2 aliphatic rings. The number of carbonyl (C=O) groups excluding carboxylic acids is 5. The Labute approximate surface area is 280 Å². The van der Waals surface area contributed by atoms with Crippen molar-refractivity contribution < 1.29 is 61.9 Å². The minimum Gasteiger partial charge on any atom is -0.453 e. The van der Waals surface area contributed by atoms with E-state index in [-0.39, 0.29) is 42.3 Å². The van der Waals surface area contributed by atoms with Crippen LogP contribution in [0.3, 0.4) is 0 Å². The van der Waals surface area contributed by atoms with Gasteiger partial charge in [0.25, 0.3) is 6.29 Å². The topological polar surface area (TPSA) is 183 Å². The van der Waals surface area contributed by atoms with Crippen molar-refractivity contribution in [1.29, 1.82) is 5.41 Å². The molecular weight excluding hydrogens is 642 g/mol. The second kappa shape index (κ2) is 16.0. The summed E-state index contributed by atoms with van der Waals surface area (Å²) in [6.07, 6.45) is -3.68. The highest BCUT2D eigenvalue weighted by atomic mass is 16.8. The Morgan fingerprint density at radius 1 is 0.714 bits per heavy atom. The maximum atomic E-state index is 12.9. The zero-order valence-electron chi connectivity index (χ0n) is 26.5. The van der Waals surface area contributed by atoms with Gasteiger partial charge in [0.2, 0.25) is 0 Å². The van der Waals surface area contributed by atoms with E-state index in [0.29, 0.717) is 18.2 Å². The first-order valence-corrected chi connectivity index (χ1v) is 15.4. The van der Waals surface area contributed by atoms with Crippen molar-refractivity contribution in [2.45, 2.75) is 57.4 Å². The molecule has 2 heterocycles. The molecule has 256 valence electrons. The van der Waals surface area contributed by atoms with Crippen LogP contribution in [0, 0.1) is 12.3 Å². The third kappa shape index (κ3) is 9.06. The fraction of sp³-hybridized carbons (Fsp3) is 0.314. The van der Waals surface area contributed by atoms with E-state index in [2.05, 4.69) is 0 Å². The van der Waals surface area contributed by atoms with Gasteiger partial charge in [0.1, 0.15) is 29.9 Å². The molecule has 5 rings (SSSR count). The highest BCUT2D eigenvalue weighted by Gasteiger charge is 2.51. The van der Waals surface area contributed by atoms with Gasteiger partial charge in [0.05, 0.1) is 29.9 Å². The zero-order chi connectivity index (χ0) is 34.9. The summed E-state index contributed by atoms with van der Waals surface area (Å²) in [6, 6.07) is 18.2. The zero-order valence-corrected chi connectivity index (χ0v) is 26.5. The Bertz CT molecular complexity index is 1670. The van der Waals surface area contributed by atoms with Gasteiger partial charge in [-0.15, -0.1) is 0 Å². The average molecular weight is 676 g/mol. The number of ether oxygens (including phenoxy) is 8. The normalized spacial score (nSPS) is 19.9. The van der Waals surface area contributed by atoms with Gasteiger partial charge in [0.15, 0.2) is 12.2 Å². The molecule has 0 spiro atoms. The SMILES string of the molecule is CCCC(OC(=O)C=N)OC(=O)Oc1ccc(C(=O)Oc2ccc(C(=O)O[C@@H]3COC4[C@@H](OC(=O)c5ccc(C)cc5)CO[C@@H]43)cc2)cc1. The summed E-state index contributed by atoms with van der Waals surface area (Å²) in [4.78, 5) is 61.5. The van der Waals surface area contributed by atoms with Crippen molar-refractivity contribution in [2.75, 3.05) is 13.2 Å². The molecule has 0 aliphatic carbocycles. The number of hydrogen-bond acceptors (Lipinski definition) is 14. The lowest BCUT2D eigenvalue weighted by atomic mass is 10.1. The lowest BCUT2D eigenvalue weighted by molar-refractivity contribution is -0.161. The van der Waals surface area contributed by atoms with Gasteiger partial charge in [0, 0.05) is 6.42 Å². The number of carbonyl (C=O) groups is 5. The van der Waals surface area contributed by atoms with Gasteiger partial charge in [-0.3, -0.25) is 0 Å². The second-order valence-electron chi connectivity index (χ2n) is 11.1. The van der Waals surface area contributed by atoms with Gasteiger partial charge < -0.3 is 43.3 Å². The fourth-order valence-corrected chi connectivity index (χ4v) is 4.98. The molecule has 2 fully saturated rings. The molecule has 0 radical (unpaired) electrons. The Morgan fingerprint density at radius 2 is 1.18 bits per heavy atom. The van der Waals surface area contributed by atoms with Gasteiger partial charge in [-0.05, 0) is 74.0 Å². The van der Waals surface area contributed by atoms with Crippen molar-refractivity contribution in [3.63, 3.8) is 0 Å². The standard InChI is InChI=1S/C35H33NO13/c1-3-4-29(48-28(37)17-36)49-35(41)45-25-15-11-22(12-16-25)32(38)44-24-13-9-23(10-14-24)34(40)47-27-19-43-30-26(18-42-31(27)30)46-33(39)21-7-5-20(2)6-8-21/h5-17,26-27,29-31,36H,3-4,18-19H2,1-2H3/t26-,27+,29?,30?,31+/m0/s1. The summed E-state index contributed by atoms with van der Waals surface area (Å²) in [6.45, 7) is 3.88. The van der Waals surface area contributed by atoms with E-state index in [1.807, 2.05) is 19.1 Å². The number of esters is 4. The summed E-state index contributed by atoms with van der Waals surface area (Å²) in [7, 11) is 0. The minimum atomic E-state index is -1.21. The lowest BCUT2D eigenvalue weighted by Gasteiger charge is -2.17. The largest absolute Gasteiger partial charge is 0.516 e. The van der Waals surface area contributed by atoms with Crippen LogP contribution in [0.25, 0.3) is 0 Å². The van der Waals surface area contributed by atoms with Crippen LogP contribution in [0.5, 0.6) is 11.5 Å². The molecule has 0 amide bonds. The monoisotopic (exact) mass is 675 g/mol. The Hall–Kier alpha value is -5.60.